The van der Waals surface area contributed by atoms with Gasteiger partial charge in [0.25, 0.3) is 0 Å². The second kappa shape index (κ2) is 7.64. The molecule has 0 unspecified atom stereocenters. The largest absolute Gasteiger partial charge is 0.444 e. The van der Waals surface area contributed by atoms with Crippen LogP contribution in [-0.4, -0.2) is 23.1 Å². The summed E-state index contributed by atoms with van der Waals surface area (Å²) in [6.07, 6.45) is -0.430. The minimum absolute atomic E-state index is 0.204. The van der Waals surface area contributed by atoms with E-state index in [1.54, 1.807) is 4.90 Å². The van der Waals surface area contributed by atoms with E-state index in [-0.39, 0.29) is 12.5 Å². The average molecular weight is 395 g/mol. The van der Waals surface area contributed by atoms with Gasteiger partial charge in [0.1, 0.15) is 11.4 Å². The molecule has 0 aromatic heterocycles. The molecule has 0 saturated heterocycles. The lowest BCUT2D eigenvalue weighted by Crippen LogP contribution is -2.38. The van der Waals surface area contributed by atoms with Crippen molar-refractivity contribution in [3.05, 3.63) is 33.0 Å². The highest BCUT2D eigenvalue weighted by Gasteiger charge is 2.24. The van der Waals surface area contributed by atoms with Crippen LogP contribution in [0.25, 0.3) is 0 Å². The molecule has 0 aliphatic heterocycles. The van der Waals surface area contributed by atoms with Crippen LogP contribution < -0.4 is 0 Å². The predicted octanol–water partition coefficient (Wildman–Crippen LogP) is 5.63. The Balaban J connectivity index is 2.99. The van der Waals surface area contributed by atoms with Crippen molar-refractivity contribution in [1.29, 1.82) is 0 Å². The molecular weight excluding hydrogens is 373 g/mol. The molecule has 0 heterocycles. The molecule has 0 atom stereocenters. The van der Waals surface area contributed by atoms with E-state index in [2.05, 4.69) is 15.9 Å². The molecule has 1 aromatic carbocycles. The van der Waals surface area contributed by atoms with E-state index in [0.717, 1.165) is 0 Å². The maximum Gasteiger partial charge on any atom is 0.410 e. The minimum atomic E-state index is -0.582. The van der Waals surface area contributed by atoms with Gasteiger partial charge in [-0.05, 0) is 60.3 Å². The Kier molecular flexibility index (Phi) is 6.68. The van der Waals surface area contributed by atoms with Gasteiger partial charge < -0.3 is 9.64 Å². The lowest BCUT2D eigenvalue weighted by molar-refractivity contribution is 0.0211. The van der Waals surface area contributed by atoms with Gasteiger partial charge in [-0.25, -0.2) is 9.18 Å². The number of carbonyl (C=O) groups excluding carboxylic acids is 1. The van der Waals surface area contributed by atoms with E-state index in [4.69, 9.17) is 16.3 Å². The summed E-state index contributed by atoms with van der Waals surface area (Å²) in [5, 5.41) is 0.408. The second-order valence-electron chi connectivity index (χ2n) is 6.61. The summed E-state index contributed by atoms with van der Waals surface area (Å²) < 4.78 is 19.4. The maximum absolute atomic E-state index is 13.7. The highest BCUT2D eigenvalue weighted by molar-refractivity contribution is 9.10. The van der Waals surface area contributed by atoms with Gasteiger partial charge in [0, 0.05) is 11.6 Å². The first-order chi connectivity index (χ1) is 9.99. The number of amides is 1. The van der Waals surface area contributed by atoms with Crippen molar-refractivity contribution in [3.8, 4) is 0 Å². The number of hydrogen-bond donors (Lipinski definition) is 0. The van der Waals surface area contributed by atoms with E-state index in [1.807, 2.05) is 34.6 Å². The van der Waals surface area contributed by atoms with Crippen LogP contribution in [0.5, 0.6) is 0 Å². The fourth-order valence-corrected chi connectivity index (χ4v) is 2.56. The number of hydrogen-bond acceptors (Lipinski definition) is 2. The normalized spacial score (nSPS) is 11.7. The number of ether oxygens (including phenoxy) is 1. The molecule has 22 heavy (non-hydrogen) atoms. The quantitative estimate of drug-likeness (QED) is 0.619. The first-order valence-corrected chi connectivity index (χ1v) is 8.28. The van der Waals surface area contributed by atoms with E-state index in [1.165, 1.54) is 12.1 Å². The third-order valence-corrected chi connectivity index (χ3v) is 3.65. The summed E-state index contributed by atoms with van der Waals surface area (Å²) >= 11 is 9.24. The van der Waals surface area contributed by atoms with Gasteiger partial charge in [0.05, 0.1) is 11.0 Å². The van der Waals surface area contributed by atoms with Gasteiger partial charge in [-0.2, -0.15) is 0 Å². The van der Waals surface area contributed by atoms with Crippen molar-refractivity contribution in [2.24, 2.45) is 5.92 Å². The molecule has 1 aromatic rings. The highest BCUT2D eigenvalue weighted by Crippen LogP contribution is 2.26. The molecule has 3 nitrogen and oxygen atoms in total. The van der Waals surface area contributed by atoms with Crippen LogP contribution in [-0.2, 0) is 11.3 Å². The molecule has 1 amide bonds. The van der Waals surface area contributed by atoms with E-state index in [0.29, 0.717) is 21.6 Å². The highest BCUT2D eigenvalue weighted by atomic mass is 79.9. The van der Waals surface area contributed by atoms with Crippen molar-refractivity contribution >= 4 is 33.6 Å². The molecule has 0 spiro atoms. The molecule has 0 aliphatic rings. The zero-order valence-corrected chi connectivity index (χ0v) is 15.9. The van der Waals surface area contributed by atoms with E-state index < -0.39 is 17.5 Å². The Morgan fingerprint density at radius 3 is 2.50 bits per heavy atom. The van der Waals surface area contributed by atoms with Crippen LogP contribution in [0.2, 0.25) is 5.02 Å². The van der Waals surface area contributed by atoms with Crippen molar-refractivity contribution < 1.29 is 13.9 Å². The van der Waals surface area contributed by atoms with Crippen LogP contribution in [0, 0.1) is 11.7 Å². The Hall–Kier alpha value is -0.810. The predicted molar refractivity (Wildman–Crippen MR) is 90.6 cm³/mol. The molecule has 0 bridgehead atoms. The Morgan fingerprint density at radius 1 is 1.41 bits per heavy atom. The van der Waals surface area contributed by atoms with Gasteiger partial charge in [-0.3, -0.25) is 0 Å². The third-order valence-electron chi connectivity index (χ3n) is 2.69. The number of nitrogens with zero attached hydrogens (tertiary/aromatic N) is 1. The monoisotopic (exact) mass is 393 g/mol. The summed E-state index contributed by atoms with van der Waals surface area (Å²) in [7, 11) is 0. The van der Waals surface area contributed by atoms with Crippen molar-refractivity contribution in [3.63, 3.8) is 0 Å². The summed E-state index contributed by atoms with van der Waals surface area (Å²) in [4.78, 5) is 13.9. The SMILES string of the molecule is CC(C)CN(Cc1cc(F)c(Br)cc1Cl)C(=O)OC(C)(C)C. The number of rotatable bonds is 4. The van der Waals surface area contributed by atoms with Crippen molar-refractivity contribution in [2.45, 2.75) is 46.8 Å². The van der Waals surface area contributed by atoms with Crippen LogP contribution in [0.3, 0.4) is 0 Å². The zero-order chi connectivity index (χ0) is 17.1. The average Bonchev–Trinajstić information content (AvgIpc) is 2.32. The van der Waals surface area contributed by atoms with Gasteiger partial charge in [-0.15, -0.1) is 0 Å². The van der Waals surface area contributed by atoms with Crippen LogP contribution in [0.4, 0.5) is 9.18 Å². The first kappa shape index (κ1) is 19.2. The molecule has 0 fully saturated rings. The second-order valence-corrected chi connectivity index (χ2v) is 7.87. The molecule has 0 aliphatic carbocycles. The lowest BCUT2D eigenvalue weighted by Gasteiger charge is -2.29. The van der Waals surface area contributed by atoms with Gasteiger partial charge in [-0.1, -0.05) is 25.4 Å². The number of halogens is 3. The Bertz CT molecular complexity index is 544. The molecule has 0 radical (unpaired) electrons. The Labute approximate surface area is 144 Å². The number of carbonyl (C=O) groups is 1. The fraction of sp³-hybridized carbons (Fsp3) is 0.562. The topological polar surface area (TPSA) is 29.5 Å². The molecule has 1 rings (SSSR count). The van der Waals surface area contributed by atoms with Crippen LogP contribution in [0.15, 0.2) is 16.6 Å². The summed E-state index contributed by atoms with van der Waals surface area (Å²) in [6, 6.07) is 2.83. The lowest BCUT2D eigenvalue weighted by atomic mass is 10.1. The van der Waals surface area contributed by atoms with E-state index >= 15 is 0 Å². The third kappa shape index (κ3) is 6.13. The molecule has 124 valence electrons. The van der Waals surface area contributed by atoms with Gasteiger partial charge in [0.2, 0.25) is 0 Å². The Morgan fingerprint density at radius 2 is 2.00 bits per heavy atom. The minimum Gasteiger partial charge on any atom is -0.444 e. The molecular formula is C16H22BrClFNO2. The van der Waals surface area contributed by atoms with Gasteiger partial charge in [0.15, 0.2) is 0 Å². The standard InChI is InChI=1S/C16H22BrClFNO2/c1-10(2)8-20(15(21)22-16(3,4)5)9-11-6-14(19)12(17)7-13(11)18/h6-7,10H,8-9H2,1-5H3. The summed E-state index contributed by atoms with van der Waals surface area (Å²) in [5.41, 5.74) is -0.0324. The van der Waals surface area contributed by atoms with Crippen molar-refractivity contribution in [1.82, 2.24) is 4.90 Å². The summed E-state index contributed by atoms with van der Waals surface area (Å²) in [5.74, 6) is -0.153. The van der Waals surface area contributed by atoms with Gasteiger partial charge >= 0.3 is 6.09 Å². The molecule has 0 saturated carbocycles. The summed E-state index contributed by atoms with van der Waals surface area (Å²) in [6.45, 7) is 10.1. The molecule has 6 heteroatoms. The first-order valence-electron chi connectivity index (χ1n) is 7.11. The number of benzene rings is 1. The van der Waals surface area contributed by atoms with E-state index in [9.17, 15) is 9.18 Å². The fourth-order valence-electron chi connectivity index (χ4n) is 1.86. The zero-order valence-electron chi connectivity index (χ0n) is 13.5. The van der Waals surface area contributed by atoms with Crippen LogP contribution in [0.1, 0.15) is 40.2 Å². The van der Waals surface area contributed by atoms with Crippen LogP contribution >= 0.6 is 27.5 Å². The molecule has 0 N–H and O–H groups in total. The van der Waals surface area contributed by atoms with Crippen molar-refractivity contribution in [2.75, 3.05) is 6.54 Å². The smallest absolute Gasteiger partial charge is 0.410 e. The maximum atomic E-state index is 13.7.